The van der Waals surface area contributed by atoms with Crippen LogP contribution in [0.5, 0.6) is 0 Å². The Bertz CT molecular complexity index is 1730. The number of nitrogens with zero attached hydrogens (tertiary/aromatic N) is 4. The maximum absolute atomic E-state index is 13.5. The first kappa shape index (κ1) is 31.2. The molecule has 0 unspecified atom stereocenters. The van der Waals surface area contributed by atoms with E-state index in [0.717, 1.165) is 25.7 Å². The van der Waals surface area contributed by atoms with Crippen molar-refractivity contribution in [1.29, 1.82) is 0 Å². The van der Waals surface area contributed by atoms with Gasteiger partial charge in [0, 0.05) is 71.5 Å². The van der Waals surface area contributed by atoms with Crippen molar-refractivity contribution in [2.75, 3.05) is 55.3 Å². The Morgan fingerprint density at radius 2 is 1.20 bits per heavy atom. The summed E-state index contributed by atoms with van der Waals surface area (Å²) >= 11 is 0. The van der Waals surface area contributed by atoms with Crippen LogP contribution in [0.3, 0.4) is 0 Å². The van der Waals surface area contributed by atoms with E-state index in [4.69, 9.17) is 4.74 Å². The number of halogens is 1. The molecular weight excluding hydrogens is 583 g/mol. The molecule has 13 nitrogen and oxygen atoms in total. The highest BCUT2D eigenvalue weighted by Crippen LogP contribution is 2.20. The maximum Gasteiger partial charge on any atom is 0.272 e. The summed E-state index contributed by atoms with van der Waals surface area (Å²) in [5.74, 6) is -2.18. The summed E-state index contributed by atoms with van der Waals surface area (Å²) in [5.41, 5.74) is 2.27. The summed E-state index contributed by atoms with van der Waals surface area (Å²) in [6.07, 6.45) is 4.82. The van der Waals surface area contributed by atoms with E-state index in [1.807, 2.05) is 0 Å². The van der Waals surface area contributed by atoms with Crippen molar-refractivity contribution in [2.24, 2.45) is 21.1 Å². The number of benzene rings is 1. The van der Waals surface area contributed by atoms with E-state index in [2.05, 4.69) is 26.2 Å². The quantitative estimate of drug-likeness (QED) is 0.215. The number of anilines is 3. The van der Waals surface area contributed by atoms with Gasteiger partial charge in [0.1, 0.15) is 22.9 Å². The Morgan fingerprint density at radius 1 is 0.711 bits per heavy atom. The fourth-order valence-electron chi connectivity index (χ4n) is 5.04. The lowest BCUT2D eigenvalue weighted by atomic mass is 10.2. The smallest absolute Gasteiger partial charge is 0.272 e. The third kappa shape index (κ3) is 7.66. The number of nitrogens with one attached hydrogen (secondary N) is 4. The molecule has 1 aliphatic heterocycles. The van der Waals surface area contributed by atoms with Gasteiger partial charge in [-0.3, -0.25) is 24.1 Å². The monoisotopic (exact) mass is 618 g/mol. The van der Waals surface area contributed by atoms with Crippen molar-refractivity contribution in [1.82, 2.24) is 23.9 Å². The molecule has 1 aromatic carbocycles. The number of aromatic nitrogens is 3. The van der Waals surface area contributed by atoms with Gasteiger partial charge in [-0.15, -0.1) is 0 Å². The maximum atomic E-state index is 13.5. The molecule has 4 aromatic rings. The number of amides is 4. The first-order valence-electron chi connectivity index (χ1n) is 14.3. The van der Waals surface area contributed by atoms with E-state index in [1.54, 1.807) is 59.5 Å². The minimum atomic E-state index is -0.529. The molecule has 236 valence electrons. The summed E-state index contributed by atoms with van der Waals surface area (Å²) < 4.78 is 23.6. The molecule has 0 spiro atoms. The lowest BCUT2D eigenvalue weighted by Gasteiger charge is -2.26. The van der Waals surface area contributed by atoms with Crippen LogP contribution in [0.2, 0.25) is 0 Å². The third-order valence-corrected chi connectivity index (χ3v) is 7.39. The Labute approximate surface area is 258 Å². The van der Waals surface area contributed by atoms with E-state index in [-0.39, 0.29) is 22.9 Å². The van der Waals surface area contributed by atoms with Crippen LogP contribution in [0.1, 0.15) is 41.8 Å². The van der Waals surface area contributed by atoms with E-state index in [1.165, 1.54) is 30.3 Å². The van der Waals surface area contributed by atoms with E-state index >= 15 is 0 Å². The lowest BCUT2D eigenvalue weighted by Crippen LogP contribution is -2.41. The largest absolute Gasteiger partial charge is 0.379 e. The first-order chi connectivity index (χ1) is 21.6. The molecule has 1 fully saturated rings. The molecule has 0 aliphatic carbocycles. The topological polar surface area (TPSA) is 144 Å². The van der Waals surface area contributed by atoms with Crippen molar-refractivity contribution >= 4 is 40.7 Å². The van der Waals surface area contributed by atoms with Crippen molar-refractivity contribution in [2.45, 2.75) is 0 Å². The van der Waals surface area contributed by atoms with Crippen molar-refractivity contribution in [3.05, 3.63) is 89.5 Å². The van der Waals surface area contributed by atoms with Crippen LogP contribution in [0.25, 0.3) is 0 Å². The van der Waals surface area contributed by atoms with Crippen LogP contribution >= 0.6 is 0 Å². The van der Waals surface area contributed by atoms with Gasteiger partial charge in [-0.25, -0.2) is 4.39 Å². The molecule has 4 N–H and O–H groups in total. The zero-order chi connectivity index (χ0) is 32.1. The molecular formula is C31H35FN8O5. The number of aryl methyl sites for hydroxylation is 3. The number of carbonyl (C=O) groups excluding carboxylic acids is 4. The van der Waals surface area contributed by atoms with Crippen molar-refractivity contribution in [3.8, 4) is 0 Å². The Kier molecular flexibility index (Phi) is 9.45. The van der Waals surface area contributed by atoms with Gasteiger partial charge in [-0.05, 0) is 36.4 Å². The van der Waals surface area contributed by atoms with Crippen molar-refractivity contribution < 1.29 is 28.3 Å². The Balaban J connectivity index is 1.17. The van der Waals surface area contributed by atoms with Gasteiger partial charge in [0.05, 0.1) is 30.3 Å². The summed E-state index contributed by atoms with van der Waals surface area (Å²) in [5, 5.41) is 11.1. The molecule has 4 heterocycles. The van der Waals surface area contributed by atoms with Gasteiger partial charge in [0.2, 0.25) is 0 Å². The van der Waals surface area contributed by atoms with Crippen LogP contribution in [-0.4, -0.2) is 81.6 Å². The average molecular weight is 619 g/mol. The predicted molar refractivity (Wildman–Crippen MR) is 166 cm³/mol. The standard InChI is InChI=1S/C31H35FN8O5/c1-37-18-23(14-25(37)29(42)33-7-8-40-9-11-45-12-10-40)35-31(44)27-16-24(19-39(27)3)36-30(43)26-15-22(17-38(26)2)34-28(41)20-5-4-6-21(32)13-20/h4-6,13-19H,7-12H2,1-3H3,(H,33,42)(H,34,41)(H,35,44)(H,36,43). The summed E-state index contributed by atoms with van der Waals surface area (Å²) in [6.45, 7) is 4.29. The predicted octanol–water partition coefficient (Wildman–Crippen LogP) is 2.66. The van der Waals surface area contributed by atoms with Gasteiger partial charge in [0.25, 0.3) is 23.6 Å². The Morgan fingerprint density at radius 3 is 1.71 bits per heavy atom. The zero-order valence-corrected chi connectivity index (χ0v) is 25.2. The molecule has 14 heteroatoms. The highest BCUT2D eigenvalue weighted by atomic mass is 19.1. The van der Waals surface area contributed by atoms with Crippen LogP contribution in [0.4, 0.5) is 21.5 Å². The van der Waals surface area contributed by atoms with E-state index < -0.39 is 23.5 Å². The second-order valence-electron chi connectivity index (χ2n) is 10.8. The fourth-order valence-corrected chi connectivity index (χ4v) is 5.04. The number of rotatable bonds is 10. The zero-order valence-electron chi connectivity index (χ0n) is 25.2. The molecule has 0 atom stereocenters. The van der Waals surface area contributed by atoms with Crippen LogP contribution in [0, 0.1) is 5.82 Å². The van der Waals surface area contributed by atoms with E-state index in [9.17, 15) is 23.6 Å². The number of hydrogen-bond acceptors (Lipinski definition) is 6. The molecule has 3 aromatic heterocycles. The van der Waals surface area contributed by atoms with Crippen LogP contribution in [-0.2, 0) is 25.9 Å². The highest BCUT2D eigenvalue weighted by molar-refractivity contribution is 6.08. The van der Waals surface area contributed by atoms with Crippen LogP contribution < -0.4 is 21.3 Å². The van der Waals surface area contributed by atoms with Gasteiger partial charge in [-0.1, -0.05) is 6.07 Å². The normalized spacial score (nSPS) is 13.3. The van der Waals surface area contributed by atoms with E-state index in [0.29, 0.717) is 42.5 Å². The van der Waals surface area contributed by atoms with Gasteiger partial charge in [0.15, 0.2) is 0 Å². The Hall–Kier alpha value is -5.21. The van der Waals surface area contributed by atoms with Crippen molar-refractivity contribution in [3.63, 3.8) is 0 Å². The number of hydrogen-bond donors (Lipinski definition) is 4. The molecule has 0 saturated carbocycles. The number of morpholine rings is 1. The molecule has 1 saturated heterocycles. The molecule has 0 radical (unpaired) electrons. The molecule has 45 heavy (non-hydrogen) atoms. The van der Waals surface area contributed by atoms with Crippen LogP contribution in [0.15, 0.2) is 61.1 Å². The third-order valence-electron chi connectivity index (χ3n) is 7.39. The molecule has 1 aliphatic rings. The molecule has 4 amide bonds. The van der Waals surface area contributed by atoms with Gasteiger partial charge in [-0.2, -0.15) is 0 Å². The molecule has 0 bridgehead atoms. The first-order valence-corrected chi connectivity index (χ1v) is 14.3. The van der Waals surface area contributed by atoms with Gasteiger partial charge < -0.3 is 39.7 Å². The minimum Gasteiger partial charge on any atom is -0.379 e. The average Bonchev–Trinajstić information content (AvgIpc) is 3.68. The molecule has 5 rings (SSSR count). The van der Waals surface area contributed by atoms with Gasteiger partial charge >= 0.3 is 0 Å². The summed E-state index contributed by atoms with van der Waals surface area (Å²) in [4.78, 5) is 53.6. The SMILES string of the molecule is Cn1cc(NC(=O)c2cc(NC(=O)c3cc(NC(=O)c4cccc(F)c4)cn3C)cn2C)cc1C(=O)NCCN1CCOCC1. The second-order valence-corrected chi connectivity index (χ2v) is 10.8. The minimum absolute atomic E-state index is 0.148. The lowest BCUT2D eigenvalue weighted by molar-refractivity contribution is 0.0383. The summed E-state index contributed by atoms with van der Waals surface area (Å²) in [7, 11) is 5.05. The second kappa shape index (κ2) is 13.6. The summed E-state index contributed by atoms with van der Waals surface area (Å²) in [6, 6.07) is 9.92. The number of ether oxygens (including phenoxy) is 1. The fraction of sp³-hybridized carbons (Fsp3) is 0.290. The highest BCUT2D eigenvalue weighted by Gasteiger charge is 2.19. The number of carbonyl (C=O) groups is 4.